The lowest BCUT2D eigenvalue weighted by Crippen LogP contribution is -2.51. The smallest absolute Gasteiger partial charge is 0.326 e. The van der Waals surface area contributed by atoms with Gasteiger partial charge in [0.05, 0.1) is 23.4 Å². The third-order valence-corrected chi connectivity index (χ3v) is 5.62. The van der Waals surface area contributed by atoms with Crippen molar-refractivity contribution in [3.63, 3.8) is 0 Å². The lowest BCUT2D eigenvalue weighted by Gasteiger charge is -2.43. The summed E-state index contributed by atoms with van der Waals surface area (Å²) in [6.07, 6.45) is 0.932. The summed E-state index contributed by atoms with van der Waals surface area (Å²) in [6, 6.07) is 14.8. The number of anilines is 1. The van der Waals surface area contributed by atoms with E-state index in [0.29, 0.717) is 40.9 Å². The normalized spacial score (nSPS) is 20.5. The fourth-order valence-electron chi connectivity index (χ4n) is 4.26. The zero-order chi connectivity index (χ0) is 21.5. The summed E-state index contributed by atoms with van der Waals surface area (Å²) >= 11 is 0. The highest BCUT2D eigenvalue weighted by Gasteiger charge is 2.44. The number of ketones is 1. The summed E-state index contributed by atoms with van der Waals surface area (Å²) in [5, 5.41) is 12.0. The standard InChI is InChI=1S/C24H22FN3O2/c1-24(2)11-19-21(20(29)12-24)22(17-8-6-15(14-26)7-9-17)27-23(30)28(19)18-5-3-4-16(10-18)13-25/h3-10,22H,11-13H2,1-2H3,(H,27,30). The summed E-state index contributed by atoms with van der Waals surface area (Å²) in [6.45, 7) is 3.38. The van der Waals surface area contributed by atoms with Gasteiger partial charge in [0.1, 0.15) is 6.67 Å². The van der Waals surface area contributed by atoms with E-state index in [1.54, 1.807) is 48.5 Å². The van der Waals surface area contributed by atoms with Crippen LogP contribution >= 0.6 is 0 Å². The summed E-state index contributed by atoms with van der Waals surface area (Å²) < 4.78 is 13.2. The average Bonchev–Trinajstić information content (AvgIpc) is 2.72. The SMILES string of the molecule is CC1(C)CC(=O)C2=C(C1)N(c1cccc(CF)c1)C(=O)NC2c1ccc(C#N)cc1. The van der Waals surface area contributed by atoms with Crippen LogP contribution in [0.5, 0.6) is 0 Å². The van der Waals surface area contributed by atoms with Crippen molar-refractivity contribution in [3.8, 4) is 6.07 Å². The molecule has 2 aliphatic rings. The van der Waals surface area contributed by atoms with Gasteiger partial charge in [0.2, 0.25) is 0 Å². The Labute approximate surface area is 174 Å². The van der Waals surface area contributed by atoms with Crippen LogP contribution in [-0.4, -0.2) is 11.8 Å². The van der Waals surface area contributed by atoms with Crippen molar-refractivity contribution >= 4 is 17.5 Å². The molecule has 1 unspecified atom stereocenters. The number of rotatable bonds is 3. The molecule has 0 saturated carbocycles. The minimum atomic E-state index is -0.631. The number of halogens is 1. The number of nitrogens with zero attached hydrogens (tertiary/aromatic N) is 2. The van der Waals surface area contributed by atoms with Gasteiger partial charge in [-0.3, -0.25) is 9.69 Å². The molecule has 0 aromatic heterocycles. The summed E-state index contributed by atoms with van der Waals surface area (Å²) in [5.41, 5.74) is 3.20. The van der Waals surface area contributed by atoms with E-state index in [-0.39, 0.29) is 17.2 Å². The highest BCUT2D eigenvalue weighted by Crippen LogP contribution is 2.45. The van der Waals surface area contributed by atoms with Crippen LogP contribution in [0.15, 0.2) is 59.8 Å². The van der Waals surface area contributed by atoms with E-state index in [1.165, 1.54) is 4.90 Å². The second-order valence-electron chi connectivity index (χ2n) is 8.56. The minimum Gasteiger partial charge on any atom is -0.326 e. The van der Waals surface area contributed by atoms with Crippen molar-refractivity contribution in [2.75, 3.05) is 4.90 Å². The van der Waals surface area contributed by atoms with Gasteiger partial charge in [0, 0.05) is 17.7 Å². The number of benzene rings is 2. The number of allylic oxidation sites excluding steroid dienone is 1. The van der Waals surface area contributed by atoms with E-state index in [0.717, 1.165) is 5.56 Å². The third-order valence-electron chi connectivity index (χ3n) is 5.62. The van der Waals surface area contributed by atoms with Gasteiger partial charge >= 0.3 is 6.03 Å². The van der Waals surface area contributed by atoms with Crippen LogP contribution in [0.1, 0.15) is 49.4 Å². The van der Waals surface area contributed by atoms with E-state index in [4.69, 9.17) is 5.26 Å². The van der Waals surface area contributed by atoms with Gasteiger partial charge in [0.25, 0.3) is 0 Å². The Hall–Kier alpha value is -3.46. The zero-order valence-corrected chi connectivity index (χ0v) is 16.9. The van der Waals surface area contributed by atoms with Crippen LogP contribution in [0, 0.1) is 16.7 Å². The molecule has 6 heteroatoms. The van der Waals surface area contributed by atoms with Gasteiger partial charge in [-0.2, -0.15) is 5.26 Å². The van der Waals surface area contributed by atoms with E-state index in [9.17, 15) is 14.0 Å². The molecule has 1 aliphatic carbocycles. The molecule has 2 aromatic carbocycles. The maximum absolute atomic E-state index is 13.2. The number of alkyl halides is 1. The molecule has 0 fully saturated rings. The number of carbonyl (C=O) groups excluding carboxylic acids is 2. The van der Waals surface area contributed by atoms with E-state index >= 15 is 0 Å². The van der Waals surface area contributed by atoms with Gasteiger partial charge in [-0.15, -0.1) is 0 Å². The number of nitriles is 1. The molecule has 0 spiro atoms. The largest absolute Gasteiger partial charge is 0.327 e. The molecular formula is C24H22FN3O2. The highest BCUT2D eigenvalue weighted by molar-refractivity contribution is 6.06. The predicted octanol–water partition coefficient (Wildman–Crippen LogP) is 4.94. The summed E-state index contributed by atoms with van der Waals surface area (Å²) in [7, 11) is 0. The fraction of sp³-hybridized carbons (Fsp3) is 0.292. The Morgan fingerprint density at radius 2 is 1.90 bits per heavy atom. The summed E-state index contributed by atoms with van der Waals surface area (Å²) in [5.74, 6) is -0.0118. The number of carbonyl (C=O) groups is 2. The molecule has 30 heavy (non-hydrogen) atoms. The quantitative estimate of drug-likeness (QED) is 0.789. The number of Topliss-reactive ketones (excluding diaryl/α,β-unsaturated/α-hetero) is 1. The molecule has 5 nitrogen and oxygen atoms in total. The first-order valence-corrected chi connectivity index (χ1v) is 9.85. The maximum atomic E-state index is 13.2. The maximum Gasteiger partial charge on any atom is 0.327 e. The van der Waals surface area contributed by atoms with Gasteiger partial charge < -0.3 is 5.32 Å². The van der Waals surface area contributed by atoms with Crippen molar-refractivity contribution in [3.05, 3.63) is 76.5 Å². The third kappa shape index (κ3) is 3.48. The van der Waals surface area contributed by atoms with Gasteiger partial charge in [-0.1, -0.05) is 38.1 Å². The van der Waals surface area contributed by atoms with Gasteiger partial charge in [-0.05, 0) is 47.2 Å². The molecular weight excluding hydrogens is 381 g/mol. The molecule has 152 valence electrons. The Bertz CT molecular complexity index is 1100. The Morgan fingerprint density at radius 3 is 2.57 bits per heavy atom. The predicted molar refractivity (Wildman–Crippen MR) is 111 cm³/mol. The average molecular weight is 403 g/mol. The number of nitrogens with one attached hydrogen (secondary N) is 1. The van der Waals surface area contributed by atoms with Crippen LogP contribution in [0.3, 0.4) is 0 Å². The number of urea groups is 1. The number of hydrogen-bond acceptors (Lipinski definition) is 3. The highest BCUT2D eigenvalue weighted by atomic mass is 19.1. The second-order valence-corrected chi connectivity index (χ2v) is 8.56. The first kappa shape index (κ1) is 19.8. The molecule has 1 atom stereocenters. The Morgan fingerprint density at radius 1 is 1.17 bits per heavy atom. The van der Waals surface area contributed by atoms with E-state index < -0.39 is 12.7 Å². The Kier molecular flexibility index (Phi) is 4.90. The first-order valence-electron chi connectivity index (χ1n) is 9.85. The van der Waals surface area contributed by atoms with E-state index in [2.05, 4.69) is 11.4 Å². The lowest BCUT2D eigenvalue weighted by molar-refractivity contribution is -0.118. The lowest BCUT2D eigenvalue weighted by atomic mass is 9.72. The van der Waals surface area contributed by atoms with Crippen molar-refractivity contribution in [2.45, 2.75) is 39.4 Å². The van der Waals surface area contributed by atoms with Crippen LogP contribution in [-0.2, 0) is 11.5 Å². The van der Waals surface area contributed by atoms with Crippen LogP contribution in [0.25, 0.3) is 0 Å². The second kappa shape index (κ2) is 7.42. The molecule has 0 bridgehead atoms. The molecule has 0 radical (unpaired) electrons. The monoisotopic (exact) mass is 403 g/mol. The molecule has 1 heterocycles. The van der Waals surface area contributed by atoms with Crippen molar-refractivity contribution in [1.82, 2.24) is 5.32 Å². The minimum absolute atomic E-state index is 0.0118. The van der Waals surface area contributed by atoms with Gasteiger partial charge in [0.15, 0.2) is 5.78 Å². The molecule has 1 N–H and O–H groups in total. The molecule has 2 aromatic rings. The molecule has 2 amide bonds. The topological polar surface area (TPSA) is 73.2 Å². The van der Waals surface area contributed by atoms with E-state index in [1.807, 2.05) is 13.8 Å². The van der Waals surface area contributed by atoms with Crippen LogP contribution in [0.4, 0.5) is 14.9 Å². The Balaban J connectivity index is 1.87. The van der Waals surface area contributed by atoms with Gasteiger partial charge in [-0.25, -0.2) is 9.18 Å². The fourth-order valence-corrected chi connectivity index (χ4v) is 4.26. The molecule has 0 saturated heterocycles. The van der Waals surface area contributed by atoms with Crippen molar-refractivity contribution in [1.29, 1.82) is 5.26 Å². The number of amides is 2. The number of hydrogen-bond donors (Lipinski definition) is 1. The summed E-state index contributed by atoms with van der Waals surface area (Å²) in [4.78, 5) is 27.9. The zero-order valence-electron chi connectivity index (χ0n) is 16.9. The molecule has 1 aliphatic heterocycles. The first-order chi connectivity index (χ1) is 14.3. The van der Waals surface area contributed by atoms with Crippen LogP contribution in [0.2, 0.25) is 0 Å². The van der Waals surface area contributed by atoms with Crippen LogP contribution < -0.4 is 10.2 Å². The molecule has 4 rings (SSSR count). The van der Waals surface area contributed by atoms with Crippen molar-refractivity contribution < 1.29 is 14.0 Å². The van der Waals surface area contributed by atoms with Crippen molar-refractivity contribution in [2.24, 2.45) is 5.41 Å².